The van der Waals surface area contributed by atoms with Crippen LogP contribution < -0.4 is 4.90 Å². The Morgan fingerprint density at radius 1 is 1.43 bits per heavy atom. The lowest BCUT2D eigenvalue weighted by molar-refractivity contribution is 0.0199. The number of likely N-dealkylation sites (N-methyl/N-ethyl adjacent to an activating group) is 1. The first-order valence-corrected chi connectivity index (χ1v) is 7.33. The highest BCUT2D eigenvalue weighted by molar-refractivity contribution is 5.68. The highest BCUT2D eigenvalue weighted by Crippen LogP contribution is 2.20. The van der Waals surface area contributed by atoms with Gasteiger partial charge in [-0.15, -0.1) is 0 Å². The molecule has 1 fully saturated rings. The third-order valence-electron chi connectivity index (χ3n) is 3.51. The van der Waals surface area contributed by atoms with Crippen molar-refractivity contribution in [2.45, 2.75) is 45.3 Å². The van der Waals surface area contributed by atoms with Gasteiger partial charge in [-0.3, -0.25) is 4.98 Å². The van der Waals surface area contributed by atoms with Crippen LogP contribution in [0.15, 0.2) is 18.6 Å². The summed E-state index contributed by atoms with van der Waals surface area (Å²) in [6.07, 6.45) is 6.85. The first-order valence-electron chi connectivity index (χ1n) is 7.33. The molecule has 21 heavy (non-hydrogen) atoms. The van der Waals surface area contributed by atoms with Crippen molar-refractivity contribution in [3.63, 3.8) is 0 Å². The van der Waals surface area contributed by atoms with E-state index in [1.165, 1.54) is 0 Å². The summed E-state index contributed by atoms with van der Waals surface area (Å²) in [7, 11) is 1.99. The lowest BCUT2D eigenvalue weighted by Crippen LogP contribution is -2.50. The molecule has 0 unspecified atom stereocenters. The van der Waals surface area contributed by atoms with E-state index in [-0.39, 0.29) is 12.1 Å². The summed E-state index contributed by atoms with van der Waals surface area (Å²) < 4.78 is 5.45. The van der Waals surface area contributed by atoms with E-state index in [4.69, 9.17) is 4.74 Å². The Morgan fingerprint density at radius 3 is 2.81 bits per heavy atom. The second-order valence-electron chi connectivity index (χ2n) is 6.40. The first-order chi connectivity index (χ1) is 9.87. The van der Waals surface area contributed by atoms with Gasteiger partial charge in [-0.25, -0.2) is 9.78 Å². The number of nitrogens with zero attached hydrogens (tertiary/aromatic N) is 4. The van der Waals surface area contributed by atoms with E-state index in [9.17, 15) is 4.79 Å². The van der Waals surface area contributed by atoms with Gasteiger partial charge in [0.15, 0.2) is 0 Å². The maximum Gasteiger partial charge on any atom is 0.410 e. The van der Waals surface area contributed by atoms with Crippen molar-refractivity contribution in [2.24, 2.45) is 0 Å². The molecule has 0 spiro atoms. The fourth-order valence-corrected chi connectivity index (χ4v) is 2.42. The predicted octanol–water partition coefficient (Wildman–Crippen LogP) is 2.31. The molecular weight excluding hydrogens is 268 g/mol. The molecule has 6 heteroatoms. The van der Waals surface area contributed by atoms with E-state index in [0.29, 0.717) is 6.54 Å². The van der Waals surface area contributed by atoms with Crippen LogP contribution in [0.25, 0.3) is 0 Å². The van der Waals surface area contributed by atoms with Gasteiger partial charge in [0.1, 0.15) is 11.4 Å². The molecule has 1 aliphatic rings. The van der Waals surface area contributed by atoms with Gasteiger partial charge in [0.05, 0.1) is 6.20 Å². The predicted molar refractivity (Wildman–Crippen MR) is 81.3 cm³/mol. The van der Waals surface area contributed by atoms with E-state index in [1.807, 2.05) is 27.8 Å². The Bertz CT molecular complexity index is 472. The monoisotopic (exact) mass is 292 g/mol. The molecule has 2 rings (SSSR count). The minimum absolute atomic E-state index is 0.236. The molecule has 1 aliphatic heterocycles. The first kappa shape index (κ1) is 15.5. The molecular formula is C15H24N4O2. The van der Waals surface area contributed by atoms with Crippen molar-refractivity contribution in [1.29, 1.82) is 0 Å². The van der Waals surface area contributed by atoms with Gasteiger partial charge >= 0.3 is 6.09 Å². The number of amides is 1. The number of rotatable bonds is 2. The second-order valence-corrected chi connectivity index (χ2v) is 6.40. The number of carbonyl (C=O) groups is 1. The second kappa shape index (κ2) is 6.28. The van der Waals surface area contributed by atoms with Gasteiger partial charge in [-0.05, 0) is 33.6 Å². The normalized spacial score (nSPS) is 19.2. The van der Waals surface area contributed by atoms with Crippen molar-refractivity contribution in [1.82, 2.24) is 14.9 Å². The molecule has 1 atom stereocenters. The minimum Gasteiger partial charge on any atom is -0.444 e. The molecule has 0 N–H and O–H groups in total. The number of ether oxygens (including phenoxy) is 1. The molecule has 0 saturated carbocycles. The molecule has 116 valence electrons. The Labute approximate surface area is 126 Å². The summed E-state index contributed by atoms with van der Waals surface area (Å²) >= 11 is 0. The number of hydrogen-bond donors (Lipinski definition) is 0. The molecule has 1 amide bonds. The Balaban J connectivity index is 1.99. The average Bonchev–Trinajstić information content (AvgIpc) is 2.46. The SMILES string of the molecule is CN(c1cnccn1)[C@@H]1CCCN(C(=O)OC(C)(C)C)C1. The number of aromatic nitrogens is 2. The molecule has 6 nitrogen and oxygen atoms in total. The largest absolute Gasteiger partial charge is 0.444 e. The van der Waals surface area contributed by atoms with Crippen LogP contribution in [-0.4, -0.2) is 52.7 Å². The standard InChI is InChI=1S/C15H24N4O2/c1-15(2,3)21-14(20)19-9-5-6-12(11-19)18(4)13-10-16-7-8-17-13/h7-8,10,12H,5-6,9,11H2,1-4H3/t12-/m1/s1. The molecule has 0 aliphatic carbocycles. The van der Waals surface area contributed by atoms with Crippen LogP contribution in [0.5, 0.6) is 0 Å². The van der Waals surface area contributed by atoms with Crippen molar-refractivity contribution in [3.8, 4) is 0 Å². The van der Waals surface area contributed by atoms with Crippen LogP contribution >= 0.6 is 0 Å². The van der Waals surface area contributed by atoms with Crippen LogP contribution in [0.1, 0.15) is 33.6 Å². The third kappa shape index (κ3) is 4.31. The summed E-state index contributed by atoms with van der Waals surface area (Å²) in [5, 5.41) is 0. The summed E-state index contributed by atoms with van der Waals surface area (Å²) in [4.78, 5) is 24.5. The van der Waals surface area contributed by atoms with Gasteiger partial charge in [-0.2, -0.15) is 0 Å². The molecule has 2 heterocycles. The van der Waals surface area contributed by atoms with Crippen molar-refractivity contribution >= 4 is 11.9 Å². The molecule has 0 bridgehead atoms. The number of carbonyl (C=O) groups excluding carboxylic acids is 1. The topological polar surface area (TPSA) is 58.6 Å². The van der Waals surface area contributed by atoms with Gasteiger partial charge < -0.3 is 14.5 Å². The lowest BCUT2D eigenvalue weighted by Gasteiger charge is -2.38. The smallest absolute Gasteiger partial charge is 0.410 e. The van der Waals surface area contributed by atoms with E-state index in [0.717, 1.165) is 25.2 Å². The molecule has 0 aromatic carbocycles. The number of hydrogen-bond acceptors (Lipinski definition) is 5. The van der Waals surface area contributed by atoms with E-state index in [1.54, 1.807) is 23.5 Å². The van der Waals surface area contributed by atoms with Crippen molar-refractivity contribution in [2.75, 3.05) is 25.0 Å². The molecule has 0 radical (unpaired) electrons. The average molecular weight is 292 g/mol. The Kier molecular flexibility index (Phi) is 4.65. The maximum absolute atomic E-state index is 12.2. The van der Waals surface area contributed by atoms with Crippen LogP contribution in [0.4, 0.5) is 10.6 Å². The zero-order valence-corrected chi connectivity index (χ0v) is 13.2. The van der Waals surface area contributed by atoms with Gasteiger partial charge in [0, 0.05) is 38.6 Å². The van der Waals surface area contributed by atoms with Crippen molar-refractivity contribution < 1.29 is 9.53 Å². The van der Waals surface area contributed by atoms with Gasteiger partial charge in [0.25, 0.3) is 0 Å². The summed E-state index contributed by atoms with van der Waals surface area (Å²) in [6.45, 7) is 7.07. The third-order valence-corrected chi connectivity index (χ3v) is 3.51. The van der Waals surface area contributed by atoms with Gasteiger partial charge in [0.2, 0.25) is 0 Å². The van der Waals surface area contributed by atoms with Crippen molar-refractivity contribution in [3.05, 3.63) is 18.6 Å². The lowest BCUT2D eigenvalue weighted by atomic mass is 10.0. The van der Waals surface area contributed by atoms with Crippen LogP contribution in [-0.2, 0) is 4.74 Å². The summed E-state index contributed by atoms with van der Waals surface area (Å²) in [6, 6.07) is 0.239. The van der Waals surface area contributed by atoms with Gasteiger partial charge in [-0.1, -0.05) is 0 Å². The van der Waals surface area contributed by atoms with E-state index in [2.05, 4.69) is 14.9 Å². The molecule has 1 saturated heterocycles. The number of anilines is 1. The summed E-state index contributed by atoms with van der Waals surface area (Å²) in [5.41, 5.74) is -0.458. The minimum atomic E-state index is -0.458. The highest BCUT2D eigenvalue weighted by atomic mass is 16.6. The fraction of sp³-hybridized carbons (Fsp3) is 0.667. The van der Waals surface area contributed by atoms with Crippen LogP contribution in [0.3, 0.4) is 0 Å². The molecule has 1 aromatic heterocycles. The number of likely N-dealkylation sites (tertiary alicyclic amines) is 1. The van der Waals surface area contributed by atoms with Crippen LogP contribution in [0.2, 0.25) is 0 Å². The quantitative estimate of drug-likeness (QED) is 0.837. The Morgan fingerprint density at radius 2 is 2.19 bits per heavy atom. The maximum atomic E-state index is 12.2. The van der Waals surface area contributed by atoms with E-state index < -0.39 is 5.60 Å². The Hall–Kier alpha value is -1.85. The molecule has 1 aromatic rings. The number of piperidine rings is 1. The van der Waals surface area contributed by atoms with Crippen LogP contribution in [0, 0.1) is 0 Å². The fourth-order valence-electron chi connectivity index (χ4n) is 2.42. The van der Waals surface area contributed by atoms with E-state index >= 15 is 0 Å². The summed E-state index contributed by atoms with van der Waals surface area (Å²) in [5.74, 6) is 0.827. The zero-order valence-electron chi connectivity index (χ0n) is 13.2. The zero-order chi connectivity index (χ0) is 15.5. The highest BCUT2D eigenvalue weighted by Gasteiger charge is 2.29.